The number of hydrogen-bond acceptors (Lipinski definition) is 7. The van der Waals surface area contributed by atoms with Crippen LogP contribution in [0.1, 0.15) is 21.9 Å². The quantitative estimate of drug-likeness (QED) is 0.313. The normalized spacial score (nSPS) is 14.8. The van der Waals surface area contributed by atoms with Crippen molar-refractivity contribution in [1.29, 1.82) is 0 Å². The Morgan fingerprint density at radius 2 is 2.00 bits per heavy atom. The fourth-order valence-corrected chi connectivity index (χ4v) is 4.09. The molecule has 8 heteroatoms. The molecule has 2 heterocycles. The van der Waals surface area contributed by atoms with Crippen LogP contribution in [0.2, 0.25) is 0 Å². The van der Waals surface area contributed by atoms with Crippen molar-refractivity contribution in [2.45, 2.75) is 6.54 Å². The first-order valence-corrected chi connectivity index (χ1v) is 10.3. The lowest BCUT2D eigenvalue weighted by atomic mass is 10.0. The fraction of sp³-hybridized carbons (Fsp3) is 0.125. The van der Waals surface area contributed by atoms with Crippen LogP contribution in [-0.4, -0.2) is 35.7 Å². The number of terminal acetylenes is 1. The summed E-state index contributed by atoms with van der Waals surface area (Å²) >= 11 is 0.824. The number of nitrogens with zero attached hydrogens (tertiary/aromatic N) is 1. The summed E-state index contributed by atoms with van der Waals surface area (Å²) in [5.74, 6) is 2.13. The van der Waals surface area contributed by atoms with E-state index in [-0.39, 0.29) is 29.6 Å². The summed E-state index contributed by atoms with van der Waals surface area (Å²) in [4.78, 5) is 38.4. The molecule has 0 unspecified atom stereocenters. The fourth-order valence-electron chi connectivity index (χ4n) is 3.27. The number of esters is 1. The lowest BCUT2D eigenvalue weighted by Crippen LogP contribution is -2.27. The third kappa shape index (κ3) is 4.11. The number of carbonyl (C=O) groups is 3. The smallest absolute Gasteiger partial charge is 0.373 e. The number of methoxy groups -OCH3 is 1. The number of benzene rings is 2. The van der Waals surface area contributed by atoms with Crippen LogP contribution in [0.3, 0.4) is 0 Å². The molecule has 0 spiro atoms. The van der Waals surface area contributed by atoms with E-state index in [1.807, 2.05) is 30.3 Å². The third-order valence-corrected chi connectivity index (χ3v) is 5.66. The van der Waals surface area contributed by atoms with E-state index in [2.05, 4.69) is 10.7 Å². The van der Waals surface area contributed by atoms with Crippen molar-refractivity contribution in [2.75, 3.05) is 13.7 Å². The molecule has 0 bridgehead atoms. The number of amides is 2. The number of ether oxygens (including phenoxy) is 2. The Labute approximate surface area is 188 Å². The molecule has 0 N–H and O–H groups in total. The van der Waals surface area contributed by atoms with Crippen LogP contribution < -0.4 is 4.74 Å². The van der Waals surface area contributed by atoms with Crippen molar-refractivity contribution in [3.05, 3.63) is 70.5 Å². The Morgan fingerprint density at radius 1 is 1.19 bits per heavy atom. The molecule has 7 nitrogen and oxygen atoms in total. The van der Waals surface area contributed by atoms with Crippen molar-refractivity contribution in [3.8, 4) is 18.1 Å². The minimum absolute atomic E-state index is 0.00364. The molecule has 160 valence electrons. The topological polar surface area (TPSA) is 86.1 Å². The monoisotopic (exact) mass is 447 g/mol. The molecule has 4 rings (SSSR count). The lowest BCUT2D eigenvalue weighted by Gasteiger charge is -2.11. The summed E-state index contributed by atoms with van der Waals surface area (Å²) < 4.78 is 15.6. The lowest BCUT2D eigenvalue weighted by molar-refractivity contribution is -0.123. The molecule has 1 aliphatic rings. The number of furan rings is 1. The van der Waals surface area contributed by atoms with Gasteiger partial charge in [0.15, 0.2) is 0 Å². The highest BCUT2D eigenvalue weighted by atomic mass is 32.2. The van der Waals surface area contributed by atoms with E-state index in [1.54, 1.807) is 12.1 Å². The van der Waals surface area contributed by atoms with Gasteiger partial charge in [-0.3, -0.25) is 14.5 Å². The predicted octanol–water partition coefficient (Wildman–Crippen LogP) is 4.47. The van der Waals surface area contributed by atoms with Crippen molar-refractivity contribution in [2.24, 2.45) is 0 Å². The number of fused-ring (bicyclic) bond motifs is 1. The molecule has 1 aromatic heterocycles. The van der Waals surface area contributed by atoms with Crippen LogP contribution in [0.15, 0.2) is 57.9 Å². The van der Waals surface area contributed by atoms with E-state index in [0.717, 1.165) is 27.4 Å². The van der Waals surface area contributed by atoms with Crippen LogP contribution in [0.25, 0.3) is 16.8 Å². The first-order chi connectivity index (χ1) is 15.5. The predicted molar refractivity (Wildman–Crippen MR) is 120 cm³/mol. The second kappa shape index (κ2) is 9.04. The molecule has 0 saturated carbocycles. The van der Waals surface area contributed by atoms with Gasteiger partial charge in [0, 0.05) is 5.56 Å². The number of imide groups is 1. The van der Waals surface area contributed by atoms with Gasteiger partial charge in [-0.25, -0.2) is 4.79 Å². The minimum atomic E-state index is -0.638. The maximum Gasteiger partial charge on any atom is 0.373 e. The zero-order chi connectivity index (χ0) is 22.7. The van der Waals surface area contributed by atoms with E-state index in [0.29, 0.717) is 11.3 Å². The largest absolute Gasteiger partial charge is 0.480 e. The van der Waals surface area contributed by atoms with Crippen molar-refractivity contribution >= 4 is 45.7 Å². The van der Waals surface area contributed by atoms with E-state index in [1.165, 1.54) is 19.2 Å². The van der Waals surface area contributed by atoms with Crippen molar-refractivity contribution < 1.29 is 28.3 Å². The summed E-state index contributed by atoms with van der Waals surface area (Å²) in [6, 6.07) is 14.3. The Kier molecular flexibility index (Phi) is 6.01. The van der Waals surface area contributed by atoms with Gasteiger partial charge in [0.25, 0.3) is 11.1 Å². The van der Waals surface area contributed by atoms with Gasteiger partial charge < -0.3 is 13.9 Å². The molecule has 2 amide bonds. The van der Waals surface area contributed by atoms with E-state index < -0.39 is 17.1 Å². The van der Waals surface area contributed by atoms with Crippen LogP contribution in [0.4, 0.5) is 4.79 Å². The average Bonchev–Trinajstić information content (AvgIpc) is 3.38. The standard InChI is InChI=1S/C24H17NO6S/c1-3-12-30-19-10-8-15-6-4-5-7-17(15)18(19)13-21-22(26)25(24(28)32-21)14-16-9-11-20(31-16)23(27)29-2/h1,4-11,13H,12,14H2,2H3. The Bertz CT molecular complexity index is 1300. The van der Waals surface area contributed by atoms with E-state index >= 15 is 0 Å². The van der Waals surface area contributed by atoms with Gasteiger partial charge in [0.1, 0.15) is 18.1 Å². The number of hydrogen-bond donors (Lipinski definition) is 0. The maximum absolute atomic E-state index is 13.0. The summed E-state index contributed by atoms with van der Waals surface area (Å²) in [6.07, 6.45) is 6.97. The SMILES string of the molecule is C#CCOc1ccc2ccccc2c1C=C1SC(=O)N(Cc2ccc(C(=O)OC)o2)C1=O. The minimum Gasteiger partial charge on any atom is -0.480 e. The van der Waals surface area contributed by atoms with E-state index in [4.69, 9.17) is 15.6 Å². The van der Waals surface area contributed by atoms with Gasteiger partial charge in [-0.15, -0.1) is 6.42 Å². The van der Waals surface area contributed by atoms with Gasteiger partial charge in [-0.1, -0.05) is 36.3 Å². The molecule has 2 aromatic carbocycles. The van der Waals surface area contributed by atoms with Gasteiger partial charge in [-0.2, -0.15) is 0 Å². The highest BCUT2D eigenvalue weighted by Gasteiger charge is 2.36. The van der Waals surface area contributed by atoms with Crippen LogP contribution >= 0.6 is 11.8 Å². The van der Waals surface area contributed by atoms with Crippen LogP contribution in [0, 0.1) is 12.3 Å². The molecule has 0 radical (unpaired) electrons. The molecular formula is C24H17NO6S. The molecular weight excluding hydrogens is 430 g/mol. The van der Waals surface area contributed by atoms with Gasteiger partial charge in [-0.05, 0) is 46.8 Å². The Hall–Kier alpha value is -3.96. The Balaban J connectivity index is 1.66. The molecule has 3 aromatic rings. The first kappa shape index (κ1) is 21.3. The van der Waals surface area contributed by atoms with Gasteiger partial charge >= 0.3 is 5.97 Å². The van der Waals surface area contributed by atoms with Crippen LogP contribution in [0.5, 0.6) is 5.75 Å². The number of rotatable bonds is 6. The number of carbonyl (C=O) groups excluding carboxylic acids is 3. The third-order valence-electron chi connectivity index (χ3n) is 4.75. The molecule has 0 atom stereocenters. The van der Waals surface area contributed by atoms with Gasteiger partial charge in [0.2, 0.25) is 5.76 Å². The van der Waals surface area contributed by atoms with Gasteiger partial charge in [0.05, 0.1) is 18.6 Å². The average molecular weight is 447 g/mol. The zero-order valence-electron chi connectivity index (χ0n) is 17.0. The second-order valence-electron chi connectivity index (χ2n) is 6.72. The summed E-state index contributed by atoms with van der Waals surface area (Å²) in [6.45, 7) is -0.0311. The van der Waals surface area contributed by atoms with Crippen molar-refractivity contribution in [3.63, 3.8) is 0 Å². The molecule has 32 heavy (non-hydrogen) atoms. The second-order valence-corrected chi connectivity index (χ2v) is 7.71. The first-order valence-electron chi connectivity index (χ1n) is 9.52. The highest BCUT2D eigenvalue weighted by molar-refractivity contribution is 8.18. The molecule has 1 aliphatic heterocycles. The van der Waals surface area contributed by atoms with E-state index in [9.17, 15) is 14.4 Å². The summed E-state index contributed by atoms with van der Waals surface area (Å²) in [5, 5.41) is 1.38. The molecule has 1 fully saturated rings. The summed E-state index contributed by atoms with van der Waals surface area (Å²) in [5.41, 5.74) is 0.662. The Morgan fingerprint density at radius 3 is 2.78 bits per heavy atom. The zero-order valence-corrected chi connectivity index (χ0v) is 17.8. The highest BCUT2D eigenvalue weighted by Crippen LogP contribution is 2.37. The molecule has 1 saturated heterocycles. The molecule has 0 aliphatic carbocycles. The maximum atomic E-state index is 13.0. The van der Waals surface area contributed by atoms with Crippen molar-refractivity contribution in [1.82, 2.24) is 4.90 Å². The summed E-state index contributed by atoms with van der Waals surface area (Å²) in [7, 11) is 1.24. The number of thioether (sulfide) groups is 1. The van der Waals surface area contributed by atoms with Crippen LogP contribution in [-0.2, 0) is 16.1 Å².